The number of hydrogen-bond donors (Lipinski definition) is 2. The minimum Gasteiger partial charge on any atom is -0.481 e. The van der Waals surface area contributed by atoms with E-state index in [0.717, 1.165) is 25.8 Å². The highest BCUT2D eigenvalue weighted by Crippen LogP contribution is 2.30. The number of nitrogens with zero attached hydrogens (tertiary/aromatic N) is 1. The summed E-state index contributed by atoms with van der Waals surface area (Å²) >= 11 is 0. The number of urea groups is 1. The van der Waals surface area contributed by atoms with Crippen LogP contribution in [0.3, 0.4) is 0 Å². The number of hydrogen-bond acceptors (Lipinski definition) is 3. The molecule has 0 aromatic heterocycles. The molecule has 1 unspecified atom stereocenters. The zero-order chi connectivity index (χ0) is 15.3. The SMILES string of the molecule is CCC1CCCCN1C(=O)NCC1(C(=O)O)CCOCC1. The van der Waals surface area contributed by atoms with Crippen molar-refractivity contribution in [2.24, 2.45) is 5.41 Å². The van der Waals surface area contributed by atoms with E-state index in [0.29, 0.717) is 26.1 Å². The first-order valence-electron chi connectivity index (χ1n) is 7.95. The molecule has 2 heterocycles. The maximum absolute atomic E-state index is 12.4. The van der Waals surface area contributed by atoms with E-state index in [2.05, 4.69) is 12.2 Å². The number of carbonyl (C=O) groups excluding carboxylic acids is 1. The van der Waals surface area contributed by atoms with E-state index in [1.54, 1.807) is 0 Å². The Bertz CT molecular complexity index is 380. The lowest BCUT2D eigenvalue weighted by atomic mass is 9.80. The number of carboxylic acids is 1. The molecule has 0 aromatic carbocycles. The van der Waals surface area contributed by atoms with Crippen LogP contribution in [0, 0.1) is 5.41 Å². The number of carbonyl (C=O) groups is 2. The van der Waals surface area contributed by atoms with Crippen molar-refractivity contribution >= 4 is 12.0 Å². The standard InChI is InChI=1S/C15H26N2O4/c1-2-12-5-3-4-8-17(12)14(20)16-11-15(13(18)19)6-9-21-10-7-15/h12H,2-11H2,1H3,(H,16,20)(H,18,19). The van der Waals surface area contributed by atoms with Crippen molar-refractivity contribution in [3.8, 4) is 0 Å². The van der Waals surface area contributed by atoms with Crippen LogP contribution in [-0.4, -0.2) is 54.4 Å². The first-order chi connectivity index (χ1) is 10.1. The predicted molar refractivity (Wildman–Crippen MR) is 78.2 cm³/mol. The summed E-state index contributed by atoms with van der Waals surface area (Å²) in [6, 6.07) is 0.169. The lowest BCUT2D eigenvalue weighted by Gasteiger charge is -2.37. The van der Waals surface area contributed by atoms with Crippen LogP contribution in [0.25, 0.3) is 0 Å². The number of likely N-dealkylation sites (tertiary alicyclic amines) is 1. The third-order valence-corrected chi connectivity index (χ3v) is 4.84. The summed E-state index contributed by atoms with van der Waals surface area (Å²) < 4.78 is 5.25. The Morgan fingerprint density at radius 2 is 2.05 bits per heavy atom. The lowest BCUT2D eigenvalue weighted by molar-refractivity contribution is -0.154. The molecule has 1 atom stereocenters. The highest BCUT2D eigenvalue weighted by Gasteiger charge is 2.41. The molecular weight excluding hydrogens is 272 g/mol. The van der Waals surface area contributed by atoms with Gasteiger partial charge in [0.1, 0.15) is 0 Å². The number of rotatable bonds is 4. The van der Waals surface area contributed by atoms with E-state index in [1.165, 1.54) is 6.42 Å². The van der Waals surface area contributed by atoms with E-state index in [9.17, 15) is 14.7 Å². The molecule has 2 rings (SSSR count). The van der Waals surface area contributed by atoms with Crippen LogP contribution in [0.15, 0.2) is 0 Å². The third-order valence-electron chi connectivity index (χ3n) is 4.84. The summed E-state index contributed by atoms with van der Waals surface area (Å²) in [6.45, 7) is 3.95. The Hall–Kier alpha value is -1.30. The zero-order valence-corrected chi connectivity index (χ0v) is 12.8. The summed E-state index contributed by atoms with van der Waals surface area (Å²) in [5.41, 5.74) is -0.870. The average Bonchev–Trinajstić information content (AvgIpc) is 2.53. The van der Waals surface area contributed by atoms with Gasteiger partial charge in [-0.1, -0.05) is 6.92 Å². The summed E-state index contributed by atoms with van der Waals surface area (Å²) in [5, 5.41) is 12.3. The minimum atomic E-state index is -0.870. The maximum Gasteiger partial charge on any atom is 0.317 e. The van der Waals surface area contributed by atoms with Crippen molar-refractivity contribution in [1.29, 1.82) is 0 Å². The predicted octanol–water partition coefficient (Wildman–Crippen LogP) is 1.84. The molecular formula is C15H26N2O4. The Kier molecular flexibility index (Phi) is 5.45. The van der Waals surface area contributed by atoms with Gasteiger partial charge in [0.25, 0.3) is 0 Å². The van der Waals surface area contributed by atoms with Crippen molar-refractivity contribution in [3.63, 3.8) is 0 Å². The molecule has 120 valence electrons. The fraction of sp³-hybridized carbons (Fsp3) is 0.867. The second-order valence-corrected chi connectivity index (χ2v) is 6.11. The van der Waals surface area contributed by atoms with Gasteiger partial charge in [-0.15, -0.1) is 0 Å². The summed E-state index contributed by atoms with van der Waals surface area (Å²) in [5.74, 6) is -0.836. The highest BCUT2D eigenvalue weighted by atomic mass is 16.5. The Morgan fingerprint density at radius 1 is 1.33 bits per heavy atom. The molecule has 2 aliphatic rings. The third kappa shape index (κ3) is 3.67. The van der Waals surface area contributed by atoms with Crippen LogP contribution < -0.4 is 5.32 Å². The summed E-state index contributed by atoms with van der Waals surface area (Å²) in [7, 11) is 0. The topological polar surface area (TPSA) is 78.9 Å². The number of piperidine rings is 1. The molecule has 6 heteroatoms. The molecule has 2 fully saturated rings. The fourth-order valence-corrected chi connectivity index (χ4v) is 3.27. The molecule has 2 amide bonds. The van der Waals surface area contributed by atoms with Crippen LogP contribution in [-0.2, 0) is 9.53 Å². The monoisotopic (exact) mass is 298 g/mol. The number of nitrogens with one attached hydrogen (secondary N) is 1. The summed E-state index contributed by atoms with van der Waals surface area (Å²) in [4.78, 5) is 25.8. The molecule has 2 saturated heterocycles. The maximum atomic E-state index is 12.4. The minimum absolute atomic E-state index is 0.117. The van der Waals surface area contributed by atoms with Gasteiger partial charge in [0.2, 0.25) is 0 Å². The number of carboxylic acid groups (broad SMARTS) is 1. The molecule has 0 spiro atoms. The quantitative estimate of drug-likeness (QED) is 0.830. The average molecular weight is 298 g/mol. The van der Waals surface area contributed by atoms with Crippen LogP contribution >= 0.6 is 0 Å². The van der Waals surface area contributed by atoms with Crippen molar-refractivity contribution < 1.29 is 19.4 Å². The first kappa shape index (κ1) is 16.1. The van der Waals surface area contributed by atoms with Gasteiger partial charge in [-0.3, -0.25) is 4.79 Å². The Labute approximate surface area is 125 Å². The molecule has 6 nitrogen and oxygen atoms in total. The van der Waals surface area contributed by atoms with Gasteiger partial charge >= 0.3 is 12.0 Å². The highest BCUT2D eigenvalue weighted by molar-refractivity contribution is 5.78. The molecule has 0 bridgehead atoms. The Morgan fingerprint density at radius 3 is 2.67 bits per heavy atom. The van der Waals surface area contributed by atoms with Gasteiger partial charge in [-0.25, -0.2) is 4.79 Å². The van der Waals surface area contributed by atoms with Gasteiger partial charge in [-0.2, -0.15) is 0 Å². The molecule has 0 aromatic rings. The Balaban J connectivity index is 1.93. The second-order valence-electron chi connectivity index (χ2n) is 6.11. The van der Waals surface area contributed by atoms with E-state index >= 15 is 0 Å². The second kappa shape index (κ2) is 7.11. The van der Waals surface area contributed by atoms with Crippen LogP contribution in [0.5, 0.6) is 0 Å². The first-order valence-corrected chi connectivity index (χ1v) is 7.95. The molecule has 0 aliphatic carbocycles. The molecule has 2 aliphatic heterocycles. The fourth-order valence-electron chi connectivity index (χ4n) is 3.27. The van der Waals surface area contributed by atoms with Crippen LogP contribution in [0.1, 0.15) is 45.4 Å². The number of ether oxygens (including phenoxy) is 1. The van der Waals surface area contributed by atoms with Crippen LogP contribution in [0.2, 0.25) is 0 Å². The van der Waals surface area contributed by atoms with E-state index in [1.807, 2.05) is 4.90 Å². The van der Waals surface area contributed by atoms with Gasteiger partial charge in [0, 0.05) is 32.3 Å². The van der Waals surface area contributed by atoms with Gasteiger partial charge in [0.15, 0.2) is 0 Å². The number of amides is 2. The molecule has 21 heavy (non-hydrogen) atoms. The molecule has 0 radical (unpaired) electrons. The van der Waals surface area contributed by atoms with Crippen LogP contribution in [0.4, 0.5) is 4.79 Å². The van der Waals surface area contributed by atoms with Crippen molar-refractivity contribution in [3.05, 3.63) is 0 Å². The molecule has 0 saturated carbocycles. The summed E-state index contributed by atoms with van der Waals surface area (Å²) in [6.07, 6.45) is 5.10. The largest absolute Gasteiger partial charge is 0.481 e. The van der Waals surface area contributed by atoms with Gasteiger partial charge in [-0.05, 0) is 38.5 Å². The van der Waals surface area contributed by atoms with Gasteiger partial charge in [0.05, 0.1) is 5.41 Å². The van der Waals surface area contributed by atoms with E-state index in [-0.39, 0.29) is 18.6 Å². The van der Waals surface area contributed by atoms with Crippen molar-refractivity contribution in [2.75, 3.05) is 26.3 Å². The van der Waals surface area contributed by atoms with E-state index in [4.69, 9.17) is 4.74 Å². The zero-order valence-electron chi connectivity index (χ0n) is 12.8. The van der Waals surface area contributed by atoms with Crippen molar-refractivity contribution in [1.82, 2.24) is 10.2 Å². The normalized spacial score (nSPS) is 25.4. The number of aliphatic carboxylic acids is 1. The molecule has 2 N–H and O–H groups in total. The van der Waals surface area contributed by atoms with E-state index < -0.39 is 11.4 Å². The lowest BCUT2D eigenvalue weighted by Crippen LogP contribution is -2.53. The van der Waals surface area contributed by atoms with Crippen molar-refractivity contribution in [2.45, 2.75) is 51.5 Å². The smallest absolute Gasteiger partial charge is 0.317 e. The van der Waals surface area contributed by atoms with Gasteiger partial charge < -0.3 is 20.1 Å².